The molecule has 156 valence electrons. The highest BCUT2D eigenvalue weighted by Crippen LogP contribution is 2.28. The summed E-state index contributed by atoms with van der Waals surface area (Å²) in [5.41, 5.74) is 1.16. The van der Waals surface area contributed by atoms with Crippen LogP contribution in [0.4, 0.5) is 15.8 Å². The number of fused-ring (bicyclic) bond motifs is 1. The molecule has 0 aromatic heterocycles. The van der Waals surface area contributed by atoms with Gasteiger partial charge in [-0.3, -0.25) is 19.7 Å². The molecule has 2 aliphatic heterocycles. The summed E-state index contributed by atoms with van der Waals surface area (Å²) in [7, 11) is 0. The van der Waals surface area contributed by atoms with Gasteiger partial charge in [-0.05, 0) is 48.5 Å². The van der Waals surface area contributed by atoms with Gasteiger partial charge in [-0.2, -0.15) is 0 Å². The van der Waals surface area contributed by atoms with Crippen LogP contribution in [0.5, 0.6) is 0 Å². The molecule has 0 saturated carbocycles. The minimum atomic E-state index is -0.827. The lowest BCUT2D eigenvalue weighted by atomic mass is 9.81. The van der Waals surface area contributed by atoms with E-state index in [0.717, 1.165) is 4.47 Å². The summed E-state index contributed by atoms with van der Waals surface area (Å²) >= 11 is 3.33. The van der Waals surface area contributed by atoms with Crippen LogP contribution in [0.1, 0.15) is 6.42 Å². The summed E-state index contributed by atoms with van der Waals surface area (Å²) in [6.45, 7) is 0. The second-order valence-corrected chi connectivity index (χ2v) is 8.05. The molecule has 2 aromatic rings. The second-order valence-electron chi connectivity index (χ2n) is 7.14. The molecule has 10 heteroatoms. The molecular formula is C20H19BrFN5O3. The average molecular weight is 476 g/mol. The topological polar surface area (TPSA) is 111 Å². The second kappa shape index (κ2) is 8.41. The van der Waals surface area contributed by atoms with E-state index in [9.17, 15) is 18.8 Å². The van der Waals surface area contributed by atoms with Crippen molar-refractivity contribution in [2.24, 2.45) is 11.8 Å². The number of anilines is 2. The number of nitrogens with one attached hydrogen (secondary N) is 5. The van der Waals surface area contributed by atoms with E-state index in [1.165, 1.54) is 24.3 Å². The highest BCUT2D eigenvalue weighted by molar-refractivity contribution is 9.10. The molecule has 2 fully saturated rings. The van der Waals surface area contributed by atoms with Crippen molar-refractivity contribution in [1.82, 2.24) is 16.0 Å². The van der Waals surface area contributed by atoms with E-state index in [-0.39, 0.29) is 24.1 Å². The predicted octanol–water partition coefficient (Wildman–Crippen LogP) is 1.72. The molecule has 4 rings (SSSR count). The number of piperidine rings is 1. The van der Waals surface area contributed by atoms with Crippen LogP contribution >= 0.6 is 15.9 Å². The lowest BCUT2D eigenvalue weighted by Gasteiger charge is -2.43. The Morgan fingerprint density at radius 1 is 1.00 bits per heavy atom. The van der Waals surface area contributed by atoms with Crippen molar-refractivity contribution < 1.29 is 18.8 Å². The Morgan fingerprint density at radius 2 is 1.67 bits per heavy atom. The molecule has 2 heterocycles. The number of hydrogen-bond donors (Lipinski definition) is 5. The summed E-state index contributed by atoms with van der Waals surface area (Å²) in [5.74, 6) is -3.06. The van der Waals surface area contributed by atoms with Crippen LogP contribution in [0.3, 0.4) is 0 Å². The van der Waals surface area contributed by atoms with Crippen LogP contribution in [0.2, 0.25) is 0 Å². The third-order valence-corrected chi connectivity index (χ3v) is 5.58. The number of hydrogen-bond acceptors (Lipinski definition) is 5. The zero-order chi connectivity index (χ0) is 21.3. The molecule has 8 nitrogen and oxygen atoms in total. The number of rotatable bonds is 4. The van der Waals surface area contributed by atoms with E-state index < -0.39 is 30.2 Å². The Labute approximate surface area is 180 Å². The number of halogens is 2. The summed E-state index contributed by atoms with van der Waals surface area (Å²) in [5, 5.41) is 14.4. The van der Waals surface area contributed by atoms with Gasteiger partial charge in [0.1, 0.15) is 5.82 Å². The first-order valence-electron chi connectivity index (χ1n) is 9.33. The van der Waals surface area contributed by atoms with Gasteiger partial charge >= 0.3 is 0 Å². The van der Waals surface area contributed by atoms with E-state index in [0.29, 0.717) is 11.4 Å². The van der Waals surface area contributed by atoms with E-state index >= 15 is 0 Å². The molecule has 0 aliphatic carbocycles. The number of carbonyl (C=O) groups excluding carboxylic acids is 3. The van der Waals surface area contributed by atoms with Crippen molar-refractivity contribution in [1.29, 1.82) is 0 Å². The van der Waals surface area contributed by atoms with Crippen LogP contribution in [0.15, 0.2) is 53.0 Å². The van der Waals surface area contributed by atoms with E-state index in [4.69, 9.17) is 0 Å². The van der Waals surface area contributed by atoms with Gasteiger partial charge < -0.3 is 21.3 Å². The van der Waals surface area contributed by atoms with Gasteiger partial charge in [-0.15, -0.1) is 0 Å². The normalized spacial score (nSPS) is 25.5. The summed E-state index contributed by atoms with van der Waals surface area (Å²) in [4.78, 5) is 37.9. The maximum Gasteiger partial charge on any atom is 0.229 e. The molecule has 4 unspecified atom stereocenters. The third-order valence-electron chi connectivity index (χ3n) is 5.05. The molecule has 30 heavy (non-hydrogen) atoms. The summed E-state index contributed by atoms with van der Waals surface area (Å²) in [6, 6.07) is 12.7. The molecule has 2 aromatic carbocycles. The van der Waals surface area contributed by atoms with Crippen molar-refractivity contribution >= 4 is 45.0 Å². The zero-order valence-corrected chi connectivity index (χ0v) is 17.2. The minimum Gasteiger partial charge on any atom is -0.353 e. The van der Waals surface area contributed by atoms with Crippen molar-refractivity contribution in [3.8, 4) is 0 Å². The molecule has 4 atom stereocenters. The Hall–Kier alpha value is -2.98. The molecular weight excluding hydrogens is 457 g/mol. The van der Waals surface area contributed by atoms with Crippen LogP contribution in [0, 0.1) is 17.7 Å². The van der Waals surface area contributed by atoms with Crippen molar-refractivity contribution in [3.63, 3.8) is 0 Å². The smallest absolute Gasteiger partial charge is 0.229 e. The van der Waals surface area contributed by atoms with Crippen LogP contribution in [0.25, 0.3) is 0 Å². The van der Waals surface area contributed by atoms with Gasteiger partial charge in [0.15, 0.2) is 6.29 Å². The van der Waals surface area contributed by atoms with Crippen LogP contribution in [-0.4, -0.2) is 30.2 Å². The van der Waals surface area contributed by atoms with Crippen molar-refractivity contribution in [2.75, 3.05) is 10.6 Å². The Bertz CT molecular complexity index is 969. The number of benzene rings is 2. The maximum atomic E-state index is 13.1. The lowest BCUT2D eigenvalue weighted by molar-refractivity contribution is -0.144. The molecule has 3 amide bonds. The SMILES string of the molecule is O=C1CC(C(=O)Nc2ccc(Br)cc2)C2C(=O)NC(Nc3ccc(F)cc3)NC2N1. The zero-order valence-electron chi connectivity index (χ0n) is 15.6. The van der Waals surface area contributed by atoms with E-state index in [1.54, 1.807) is 24.3 Å². The van der Waals surface area contributed by atoms with Gasteiger partial charge in [0.25, 0.3) is 0 Å². The first-order valence-corrected chi connectivity index (χ1v) is 10.1. The monoisotopic (exact) mass is 475 g/mol. The van der Waals surface area contributed by atoms with Gasteiger partial charge in [-0.1, -0.05) is 15.9 Å². The highest BCUT2D eigenvalue weighted by Gasteiger charge is 2.48. The summed E-state index contributed by atoms with van der Waals surface area (Å²) < 4.78 is 14.0. The van der Waals surface area contributed by atoms with Crippen molar-refractivity contribution in [2.45, 2.75) is 18.9 Å². The lowest BCUT2D eigenvalue weighted by Crippen LogP contribution is -2.72. The van der Waals surface area contributed by atoms with Gasteiger partial charge in [0.2, 0.25) is 17.7 Å². The Kier molecular flexibility index (Phi) is 5.69. The number of amides is 3. The fourth-order valence-corrected chi connectivity index (χ4v) is 3.90. The predicted molar refractivity (Wildman–Crippen MR) is 111 cm³/mol. The summed E-state index contributed by atoms with van der Waals surface area (Å²) in [6.07, 6.45) is -1.51. The van der Waals surface area contributed by atoms with E-state index in [2.05, 4.69) is 42.5 Å². The first-order chi connectivity index (χ1) is 14.4. The van der Waals surface area contributed by atoms with E-state index in [1.807, 2.05) is 0 Å². The molecule has 0 radical (unpaired) electrons. The number of carbonyl (C=O) groups is 3. The standard InChI is InChI=1S/C20H19BrFN5O3/c21-10-1-5-12(6-2-10)23-18(29)14-9-15(28)25-17-16(14)19(30)27-20(26-17)24-13-7-3-11(22)4-8-13/h1-8,14,16-17,20,24,26H,9H2,(H,23,29)(H,25,28)(H,27,30). The molecule has 0 bridgehead atoms. The van der Waals surface area contributed by atoms with Gasteiger partial charge in [0, 0.05) is 22.3 Å². The minimum absolute atomic E-state index is 0.0886. The Balaban J connectivity index is 1.47. The third kappa shape index (κ3) is 4.44. The van der Waals surface area contributed by atoms with Crippen molar-refractivity contribution in [3.05, 3.63) is 58.8 Å². The highest BCUT2D eigenvalue weighted by atomic mass is 79.9. The fourth-order valence-electron chi connectivity index (χ4n) is 3.63. The van der Waals surface area contributed by atoms with Crippen LogP contribution < -0.4 is 26.6 Å². The average Bonchev–Trinajstić information content (AvgIpc) is 2.70. The molecule has 0 spiro atoms. The van der Waals surface area contributed by atoms with Crippen LogP contribution in [-0.2, 0) is 14.4 Å². The van der Waals surface area contributed by atoms with Gasteiger partial charge in [0.05, 0.1) is 18.0 Å². The van der Waals surface area contributed by atoms with Gasteiger partial charge in [-0.25, -0.2) is 4.39 Å². The molecule has 2 saturated heterocycles. The first kappa shape index (κ1) is 20.3. The largest absolute Gasteiger partial charge is 0.353 e. The Morgan fingerprint density at radius 3 is 2.37 bits per heavy atom. The fraction of sp³-hybridized carbons (Fsp3) is 0.250. The quantitative estimate of drug-likeness (QED) is 0.462. The maximum absolute atomic E-state index is 13.1. The molecule has 2 aliphatic rings. The molecule has 5 N–H and O–H groups in total.